The lowest BCUT2D eigenvalue weighted by molar-refractivity contribution is 0.0888. The van der Waals surface area contributed by atoms with Crippen LogP contribution in [0.2, 0.25) is 0 Å². The highest BCUT2D eigenvalue weighted by Gasteiger charge is 2.29. The average molecular weight is 264 g/mol. The van der Waals surface area contributed by atoms with Crippen molar-refractivity contribution in [3.8, 4) is 0 Å². The largest absolute Gasteiger partial charge is 0.380 e. The van der Waals surface area contributed by atoms with E-state index in [1.807, 2.05) is 0 Å². The first kappa shape index (κ1) is 13.1. The minimum Gasteiger partial charge on any atom is -0.380 e. The Hall–Kier alpha value is -1.37. The van der Waals surface area contributed by atoms with Crippen LogP contribution in [0, 0.1) is 23.5 Å². The Balaban J connectivity index is 2.38. The van der Waals surface area contributed by atoms with Gasteiger partial charge in [-0.1, -0.05) is 0 Å². The van der Waals surface area contributed by atoms with Crippen molar-refractivity contribution in [3.63, 3.8) is 0 Å². The third kappa shape index (κ3) is 2.27. The third-order valence-electron chi connectivity index (χ3n) is 3.00. The van der Waals surface area contributed by atoms with Gasteiger partial charge in [-0.25, -0.2) is 0 Å². The number of anilines is 1. The molecule has 1 atom stereocenters. The van der Waals surface area contributed by atoms with Crippen molar-refractivity contribution in [3.05, 3.63) is 23.5 Å². The molecule has 1 aromatic heterocycles. The summed E-state index contributed by atoms with van der Waals surface area (Å²) in [5.74, 6) is -6.21. The predicted molar refractivity (Wildman–Crippen MR) is 56.3 cm³/mol. The van der Waals surface area contributed by atoms with Crippen molar-refractivity contribution in [1.82, 2.24) is 4.98 Å². The highest BCUT2D eigenvalue weighted by molar-refractivity contribution is 5.49. The van der Waals surface area contributed by atoms with Crippen molar-refractivity contribution >= 4 is 5.69 Å². The summed E-state index contributed by atoms with van der Waals surface area (Å²) >= 11 is 0. The second-order valence-corrected chi connectivity index (χ2v) is 4.12. The molecule has 0 aromatic carbocycles. The SMILES string of the molecule is COC1CCCN(c2c(F)c(F)nc(F)c2F)C1. The molecule has 1 aliphatic heterocycles. The zero-order chi connectivity index (χ0) is 13.3. The molecule has 0 saturated carbocycles. The third-order valence-corrected chi connectivity index (χ3v) is 3.00. The Morgan fingerprint density at radius 3 is 2.33 bits per heavy atom. The van der Waals surface area contributed by atoms with Gasteiger partial charge in [0.25, 0.3) is 11.9 Å². The highest BCUT2D eigenvalue weighted by atomic mass is 19.2. The highest BCUT2D eigenvalue weighted by Crippen LogP contribution is 2.29. The molecule has 7 heteroatoms. The Kier molecular flexibility index (Phi) is 3.70. The van der Waals surface area contributed by atoms with E-state index in [9.17, 15) is 17.6 Å². The van der Waals surface area contributed by atoms with Gasteiger partial charge in [0.2, 0.25) is 11.6 Å². The molecule has 2 heterocycles. The van der Waals surface area contributed by atoms with Crippen LogP contribution in [0.25, 0.3) is 0 Å². The van der Waals surface area contributed by atoms with E-state index in [1.54, 1.807) is 0 Å². The Labute approximate surface area is 101 Å². The fraction of sp³-hybridized carbons (Fsp3) is 0.545. The summed E-state index contributed by atoms with van der Waals surface area (Å²) in [4.78, 5) is 3.77. The number of ether oxygens (including phenoxy) is 1. The van der Waals surface area contributed by atoms with E-state index in [1.165, 1.54) is 12.0 Å². The lowest BCUT2D eigenvalue weighted by atomic mass is 10.1. The van der Waals surface area contributed by atoms with Gasteiger partial charge in [0.05, 0.1) is 6.10 Å². The van der Waals surface area contributed by atoms with Crippen LogP contribution < -0.4 is 4.90 Å². The van der Waals surface area contributed by atoms with Gasteiger partial charge >= 0.3 is 0 Å². The summed E-state index contributed by atoms with van der Waals surface area (Å²) in [6.07, 6.45) is 1.16. The second kappa shape index (κ2) is 5.09. The quantitative estimate of drug-likeness (QED) is 0.605. The van der Waals surface area contributed by atoms with Crippen LogP contribution in [-0.4, -0.2) is 31.3 Å². The van der Waals surface area contributed by atoms with Gasteiger partial charge in [-0.2, -0.15) is 22.5 Å². The normalized spacial score (nSPS) is 20.3. The van der Waals surface area contributed by atoms with E-state index in [4.69, 9.17) is 4.74 Å². The molecule has 1 aromatic rings. The molecule has 0 radical (unpaired) electrons. The van der Waals surface area contributed by atoms with Gasteiger partial charge in [0.1, 0.15) is 5.69 Å². The van der Waals surface area contributed by atoms with Crippen LogP contribution in [0.5, 0.6) is 0 Å². The molecule has 0 amide bonds. The van der Waals surface area contributed by atoms with E-state index < -0.39 is 29.2 Å². The standard InChI is InChI=1S/C11H12F4N2O/c1-18-6-3-2-4-17(5-6)9-7(12)10(14)16-11(15)8(9)13/h6H,2-5H2,1H3. The molecule has 3 nitrogen and oxygen atoms in total. The molecule has 0 spiro atoms. The molecule has 18 heavy (non-hydrogen) atoms. The number of rotatable bonds is 2. The van der Waals surface area contributed by atoms with Crippen LogP contribution in [0.4, 0.5) is 23.2 Å². The number of methoxy groups -OCH3 is 1. The van der Waals surface area contributed by atoms with Crippen LogP contribution in [0.1, 0.15) is 12.8 Å². The van der Waals surface area contributed by atoms with Gasteiger partial charge in [-0.15, -0.1) is 0 Å². The molecule has 0 aliphatic carbocycles. The minimum atomic E-state index is -1.64. The topological polar surface area (TPSA) is 25.4 Å². The first-order chi connectivity index (χ1) is 8.54. The lowest BCUT2D eigenvalue weighted by Crippen LogP contribution is -2.40. The van der Waals surface area contributed by atoms with Gasteiger partial charge in [-0.05, 0) is 12.8 Å². The molecular weight excluding hydrogens is 252 g/mol. The summed E-state index contributed by atoms with van der Waals surface area (Å²) in [7, 11) is 1.48. The molecule has 2 rings (SSSR count). The molecule has 100 valence electrons. The van der Waals surface area contributed by atoms with Crippen LogP contribution >= 0.6 is 0 Å². The summed E-state index contributed by atoms with van der Waals surface area (Å²) in [5, 5.41) is 0. The molecule has 1 fully saturated rings. The number of aromatic nitrogens is 1. The maximum Gasteiger partial charge on any atom is 0.253 e. The molecule has 1 aliphatic rings. The van der Waals surface area contributed by atoms with Crippen LogP contribution in [0.3, 0.4) is 0 Å². The van der Waals surface area contributed by atoms with E-state index in [2.05, 4.69) is 4.98 Å². The van der Waals surface area contributed by atoms with E-state index >= 15 is 0 Å². The second-order valence-electron chi connectivity index (χ2n) is 4.12. The van der Waals surface area contributed by atoms with Gasteiger partial charge in [0, 0.05) is 20.2 Å². The molecule has 1 saturated heterocycles. The monoisotopic (exact) mass is 264 g/mol. The number of nitrogens with zero attached hydrogens (tertiary/aromatic N) is 2. The predicted octanol–water partition coefficient (Wildman–Crippen LogP) is 2.25. The lowest BCUT2D eigenvalue weighted by Gasteiger charge is -2.33. The maximum absolute atomic E-state index is 13.5. The zero-order valence-corrected chi connectivity index (χ0v) is 9.72. The average Bonchev–Trinajstić information content (AvgIpc) is 2.37. The van der Waals surface area contributed by atoms with Gasteiger partial charge in [0.15, 0.2) is 0 Å². The molecule has 1 unspecified atom stereocenters. The minimum absolute atomic E-state index is 0.188. The first-order valence-corrected chi connectivity index (χ1v) is 5.52. The van der Waals surface area contributed by atoms with Crippen molar-refractivity contribution in [1.29, 1.82) is 0 Å². The summed E-state index contributed by atoms with van der Waals surface area (Å²) < 4.78 is 58.2. The fourth-order valence-electron chi connectivity index (χ4n) is 2.09. The smallest absolute Gasteiger partial charge is 0.253 e. The molecular formula is C11H12F4N2O. The summed E-state index contributed by atoms with van der Waals surface area (Å²) in [5.41, 5.74) is -0.707. The van der Waals surface area contributed by atoms with Gasteiger partial charge in [-0.3, -0.25) is 0 Å². The maximum atomic E-state index is 13.5. The number of hydrogen-bond donors (Lipinski definition) is 0. The van der Waals surface area contributed by atoms with Crippen molar-refractivity contribution in [2.24, 2.45) is 0 Å². The Morgan fingerprint density at radius 1 is 1.17 bits per heavy atom. The molecule has 0 bridgehead atoms. The van der Waals surface area contributed by atoms with Crippen LogP contribution in [-0.2, 0) is 4.74 Å². The van der Waals surface area contributed by atoms with Crippen LogP contribution in [0.15, 0.2) is 0 Å². The van der Waals surface area contributed by atoms with Crippen molar-refractivity contribution in [2.45, 2.75) is 18.9 Å². The number of hydrogen-bond acceptors (Lipinski definition) is 3. The van der Waals surface area contributed by atoms with E-state index in [0.717, 1.165) is 6.42 Å². The summed E-state index contributed by atoms with van der Waals surface area (Å²) in [6, 6.07) is 0. The summed E-state index contributed by atoms with van der Waals surface area (Å²) in [6.45, 7) is 0.504. The van der Waals surface area contributed by atoms with Gasteiger partial charge < -0.3 is 9.64 Å². The fourth-order valence-corrected chi connectivity index (χ4v) is 2.09. The van der Waals surface area contributed by atoms with E-state index in [0.29, 0.717) is 13.0 Å². The molecule has 0 N–H and O–H groups in total. The zero-order valence-electron chi connectivity index (χ0n) is 9.72. The number of pyridine rings is 1. The Bertz CT molecular complexity index is 429. The van der Waals surface area contributed by atoms with Crippen molar-refractivity contribution in [2.75, 3.05) is 25.1 Å². The first-order valence-electron chi connectivity index (χ1n) is 5.52. The van der Waals surface area contributed by atoms with E-state index in [-0.39, 0.29) is 12.6 Å². The Morgan fingerprint density at radius 2 is 1.78 bits per heavy atom. The number of piperidine rings is 1. The number of halogens is 4. The van der Waals surface area contributed by atoms with Crippen molar-refractivity contribution < 1.29 is 22.3 Å².